The normalized spacial score (nSPS) is 11.2. The number of nitrogens with two attached hydrogens (primary N) is 1. The molecule has 9 heteroatoms. The van der Waals surface area contributed by atoms with Crippen molar-refractivity contribution in [3.05, 3.63) is 63.5 Å². The van der Waals surface area contributed by atoms with Crippen LogP contribution in [0.25, 0.3) is 10.2 Å². The van der Waals surface area contributed by atoms with Crippen molar-refractivity contribution >= 4 is 45.1 Å². The number of nitrogens with zero attached hydrogens (tertiary/aromatic N) is 3. The first-order valence-electron chi connectivity index (χ1n) is 9.91. The lowest BCUT2D eigenvalue weighted by molar-refractivity contribution is 0.0531. The molecule has 3 heterocycles. The molecule has 4 rings (SSSR count). The highest BCUT2D eigenvalue weighted by Crippen LogP contribution is 2.34. The zero-order chi connectivity index (χ0) is 22.0. The van der Waals surface area contributed by atoms with E-state index in [2.05, 4.69) is 27.1 Å². The van der Waals surface area contributed by atoms with Gasteiger partial charge in [0.1, 0.15) is 21.3 Å². The van der Waals surface area contributed by atoms with Gasteiger partial charge in [0.05, 0.1) is 23.4 Å². The second-order valence-corrected chi connectivity index (χ2v) is 9.01. The van der Waals surface area contributed by atoms with E-state index in [1.165, 1.54) is 28.7 Å². The Hall–Kier alpha value is -2.91. The van der Waals surface area contributed by atoms with Gasteiger partial charge in [0.15, 0.2) is 5.16 Å². The second-order valence-electron chi connectivity index (χ2n) is 7.05. The summed E-state index contributed by atoms with van der Waals surface area (Å²) < 4.78 is 5.14. The summed E-state index contributed by atoms with van der Waals surface area (Å²) in [5, 5.41) is 1.54. The molecule has 1 aromatic carbocycles. The Bertz CT molecular complexity index is 1230. The Kier molecular flexibility index (Phi) is 6.24. The van der Waals surface area contributed by atoms with E-state index in [9.17, 15) is 4.79 Å². The summed E-state index contributed by atoms with van der Waals surface area (Å²) in [5.74, 6) is 1.15. The van der Waals surface area contributed by atoms with E-state index in [1.807, 2.05) is 32.0 Å². The summed E-state index contributed by atoms with van der Waals surface area (Å²) in [7, 11) is 0. The maximum Gasteiger partial charge on any atom is 0.348 e. The highest BCUT2D eigenvalue weighted by molar-refractivity contribution is 7.98. The number of aryl methyl sites for hydroxylation is 2. The number of esters is 1. The zero-order valence-electron chi connectivity index (χ0n) is 17.6. The maximum atomic E-state index is 12.2. The second kappa shape index (κ2) is 9.07. The summed E-state index contributed by atoms with van der Waals surface area (Å²) in [4.78, 5) is 30.6. The molecular formula is C22H23N5O2S2. The molecule has 0 unspecified atom stereocenters. The number of carbonyl (C=O) groups is 1. The molecule has 0 bridgehead atoms. The number of aromatic amines is 1. The van der Waals surface area contributed by atoms with Crippen LogP contribution in [0.4, 0.5) is 5.82 Å². The molecule has 0 aliphatic carbocycles. The molecule has 0 aliphatic rings. The fourth-order valence-corrected chi connectivity index (χ4v) is 5.20. The number of thiophene rings is 1. The molecule has 3 aromatic heterocycles. The van der Waals surface area contributed by atoms with Gasteiger partial charge >= 0.3 is 5.97 Å². The first-order valence-corrected chi connectivity index (χ1v) is 11.7. The number of nitrogens with one attached hydrogen (secondary N) is 1. The van der Waals surface area contributed by atoms with Crippen LogP contribution in [-0.4, -0.2) is 32.5 Å². The Balaban J connectivity index is 1.52. The Morgan fingerprint density at radius 1 is 1.19 bits per heavy atom. The average Bonchev–Trinajstić information content (AvgIpc) is 3.27. The number of anilines is 1. The van der Waals surface area contributed by atoms with E-state index in [1.54, 1.807) is 6.92 Å². The predicted molar refractivity (Wildman–Crippen MR) is 125 cm³/mol. The van der Waals surface area contributed by atoms with Crippen molar-refractivity contribution < 1.29 is 9.53 Å². The number of H-pyrrole nitrogens is 1. The van der Waals surface area contributed by atoms with Gasteiger partial charge in [0.25, 0.3) is 0 Å². The van der Waals surface area contributed by atoms with Gasteiger partial charge in [-0.15, -0.1) is 11.3 Å². The fourth-order valence-electron chi connectivity index (χ4n) is 3.30. The van der Waals surface area contributed by atoms with Crippen LogP contribution in [0.5, 0.6) is 0 Å². The lowest BCUT2D eigenvalue weighted by Gasteiger charge is -2.02. The number of hydrogen-bond acceptors (Lipinski definition) is 8. The third-order valence-corrected chi connectivity index (χ3v) is 6.88. The summed E-state index contributed by atoms with van der Waals surface area (Å²) in [6, 6.07) is 10.3. The van der Waals surface area contributed by atoms with E-state index < -0.39 is 0 Å². The van der Waals surface area contributed by atoms with E-state index in [0.29, 0.717) is 33.7 Å². The van der Waals surface area contributed by atoms with E-state index >= 15 is 0 Å². The Labute approximate surface area is 188 Å². The topological polar surface area (TPSA) is 107 Å². The lowest BCUT2D eigenvalue weighted by Crippen LogP contribution is -2.04. The quantitative estimate of drug-likeness (QED) is 0.309. The lowest BCUT2D eigenvalue weighted by atomic mass is 10.1. The summed E-state index contributed by atoms with van der Waals surface area (Å²) in [6.07, 6.45) is 0.782. The molecule has 7 nitrogen and oxygen atoms in total. The number of benzene rings is 1. The van der Waals surface area contributed by atoms with Crippen molar-refractivity contribution in [3.63, 3.8) is 0 Å². The molecule has 3 N–H and O–H groups in total. The van der Waals surface area contributed by atoms with Gasteiger partial charge in [-0.2, -0.15) is 0 Å². The monoisotopic (exact) mass is 453 g/mol. The van der Waals surface area contributed by atoms with Crippen LogP contribution in [0.2, 0.25) is 0 Å². The molecule has 0 saturated heterocycles. The van der Waals surface area contributed by atoms with Crippen LogP contribution in [0.15, 0.2) is 35.5 Å². The molecule has 0 aliphatic heterocycles. The SMILES string of the molecule is CCOC(=O)c1sc2nc(CSc3nc(Cc4ccccc4)c(C)[nH]3)nc(N)c2c1C. The molecule has 0 spiro atoms. The molecule has 0 amide bonds. The molecule has 0 atom stereocenters. The van der Waals surface area contributed by atoms with Gasteiger partial charge in [-0.05, 0) is 31.9 Å². The third kappa shape index (κ3) is 4.57. The minimum atomic E-state index is -0.352. The van der Waals surface area contributed by atoms with E-state index in [-0.39, 0.29) is 5.97 Å². The van der Waals surface area contributed by atoms with Crippen LogP contribution >= 0.6 is 23.1 Å². The van der Waals surface area contributed by atoms with Crippen molar-refractivity contribution in [2.75, 3.05) is 12.3 Å². The van der Waals surface area contributed by atoms with Crippen molar-refractivity contribution in [3.8, 4) is 0 Å². The molecule has 4 aromatic rings. The van der Waals surface area contributed by atoms with Gasteiger partial charge in [-0.1, -0.05) is 42.1 Å². The molecule has 160 valence electrons. The maximum absolute atomic E-state index is 12.2. The fraction of sp³-hybridized carbons (Fsp3) is 0.273. The highest BCUT2D eigenvalue weighted by Gasteiger charge is 2.20. The number of nitrogen functional groups attached to an aromatic ring is 1. The summed E-state index contributed by atoms with van der Waals surface area (Å²) >= 11 is 2.82. The van der Waals surface area contributed by atoms with Crippen LogP contribution in [0.3, 0.4) is 0 Å². The van der Waals surface area contributed by atoms with Crippen LogP contribution in [-0.2, 0) is 16.9 Å². The van der Waals surface area contributed by atoms with Gasteiger partial charge in [0.2, 0.25) is 0 Å². The van der Waals surface area contributed by atoms with Gasteiger partial charge in [0, 0.05) is 12.1 Å². The molecule has 0 fully saturated rings. The predicted octanol–water partition coefficient (Wildman–Crippen LogP) is 4.67. The van der Waals surface area contributed by atoms with Crippen molar-refractivity contribution in [2.45, 2.75) is 38.1 Å². The highest BCUT2D eigenvalue weighted by atomic mass is 32.2. The molecular weight excluding hydrogens is 430 g/mol. The van der Waals surface area contributed by atoms with Crippen LogP contribution in [0.1, 0.15) is 44.9 Å². The largest absolute Gasteiger partial charge is 0.462 e. The third-order valence-electron chi connectivity index (χ3n) is 4.84. The molecule has 31 heavy (non-hydrogen) atoms. The van der Waals surface area contributed by atoms with Gasteiger partial charge in [-0.25, -0.2) is 19.7 Å². The number of aromatic nitrogens is 4. The van der Waals surface area contributed by atoms with E-state index in [0.717, 1.165) is 33.9 Å². The van der Waals surface area contributed by atoms with Gasteiger partial charge < -0.3 is 15.5 Å². The summed E-state index contributed by atoms with van der Waals surface area (Å²) in [6.45, 7) is 5.98. The first-order chi connectivity index (χ1) is 15.0. The van der Waals surface area contributed by atoms with Crippen LogP contribution < -0.4 is 5.73 Å². The van der Waals surface area contributed by atoms with E-state index in [4.69, 9.17) is 15.5 Å². The zero-order valence-corrected chi connectivity index (χ0v) is 19.2. The first kappa shape index (κ1) is 21.3. The molecule has 0 saturated carbocycles. The number of carbonyl (C=O) groups excluding carboxylic acids is 1. The molecule has 0 radical (unpaired) electrons. The Morgan fingerprint density at radius 3 is 2.71 bits per heavy atom. The van der Waals surface area contributed by atoms with Crippen LogP contribution in [0, 0.1) is 13.8 Å². The smallest absolute Gasteiger partial charge is 0.348 e. The number of thioether (sulfide) groups is 1. The number of hydrogen-bond donors (Lipinski definition) is 2. The van der Waals surface area contributed by atoms with Crippen molar-refractivity contribution in [2.24, 2.45) is 0 Å². The number of fused-ring (bicyclic) bond motifs is 1. The standard InChI is InChI=1S/C22H23N5O2S2/c1-4-29-21(28)18-12(2)17-19(23)26-16(27-20(17)31-18)11-30-22-24-13(3)15(25-22)10-14-8-6-5-7-9-14/h5-9H,4,10-11H2,1-3H3,(H,24,25)(H2,23,26,27). The minimum Gasteiger partial charge on any atom is -0.462 e. The minimum absolute atomic E-state index is 0.324. The Morgan fingerprint density at radius 2 is 1.97 bits per heavy atom. The van der Waals surface area contributed by atoms with Gasteiger partial charge in [-0.3, -0.25) is 0 Å². The number of ether oxygens (including phenoxy) is 1. The number of imidazole rings is 1. The average molecular weight is 454 g/mol. The van der Waals surface area contributed by atoms with Crippen molar-refractivity contribution in [1.82, 2.24) is 19.9 Å². The van der Waals surface area contributed by atoms with Crippen molar-refractivity contribution in [1.29, 1.82) is 0 Å². The number of rotatable bonds is 7. The summed E-state index contributed by atoms with van der Waals surface area (Å²) in [5.41, 5.74) is 10.3.